The molecule has 0 spiro atoms. The first-order valence-electron chi connectivity index (χ1n) is 6.20. The fourth-order valence-electron chi connectivity index (χ4n) is 2.46. The van der Waals surface area contributed by atoms with Crippen molar-refractivity contribution < 1.29 is 0 Å². The second-order valence-electron chi connectivity index (χ2n) is 5.28. The van der Waals surface area contributed by atoms with Crippen molar-refractivity contribution in [2.75, 3.05) is 0 Å². The lowest BCUT2D eigenvalue weighted by Crippen LogP contribution is -2.10. The van der Waals surface area contributed by atoms with Gasteiger partial charge in [0.1, 0.15) is 0 Å². The Labute approximate surface area is 84.1 Å². The molecule has 0 radical (unpaired) electrons. The molecule has 0 aromatic rings. The van der Waals surface area contributed by atoms with Gasteiger partial charge in [0.05, 0.1) is 0 Å². The Morgan fingerprint density at radius 1 is 0.615 bits per heavy atom. The fourth-order valence-corrected chi connectivity index (χ4v) is 2.46. The quantitative estimate of drug-likeness (QED) is 0.512. The van der Waals surface area contributed by atoms with Crippen LogP contribution in [0.4, 0.5) is 0 Å². The molecule has 13 heavy (non-hydrogen) atoms. The molecule has 0 amide bonds. The average Bonchev–Trinajstić information content (AvgIpc) is 2.11. The lowest BCUT2D eigenvalue weighted by molar-refractivity contribution is 0.294. The predicted molar refractivity (Wildman–Crippen MR) is 59.8 cm³/mol. The topological polar surface area (TPSA) is 0 Å². The highest BCUT2D eigenvalue weighted by molar-refractivity contribution is 4.66. The first kappa shape index (κ1) is 11.1. The van der Waals surface area contributed by atoms with Crippen LogP contribution < -0.4 is 0 Å². The molecule has 0 nitrogen and oxygen atoms in total. The Kier molecular flexibility index (Phi) is 4.83. The van der Waals surface area contributed by atoms with Crippen LogP contribution >= 0.6 is 0 Å². The van der Waals surface area contributed by atoms with E-state index in [1.807, 2.05) is 0 Å². The Morgan fingerprint density at radius 3 is 1.77 bits per heavy atom. The third-order valence-electron chi connectivity index (χ3n) is 3.93. The summed E-state index contributed by atoms with van der Waals surface area (Å²) in [6, 6.07) is 0. The van der Waals surface area contributed by atoms with Gasteiger partial charge in [-0.25, -0.2) is 0 Å². The van der Waals surface area contributed by atoms with E-state index in [0.717, 1.165) is 17.8 Å². The summed E-state index contributed by atoms with van der Waals surface area (Å²) in [7, 11) is 0. The zero-order chi connectivity index (χ0) is 9.68. The zero-order valence-electron chi connectivity index (χ0n) is 9.68. The number of hydrogen-bond donors (Lipinski definition) is 0. The molecule has 0 aromatic carbocycles. The Hall–Kier alpha value is 0. The first-order valence-corrected chi connectivity index (χ1v) is 6.20. The molecule has 0 bridgehead atoms. The largest absolute Gasteiger partial charge is 0.0625 e. The standard InChI is InChI=1S/C13H26/c1-11-7-4-5-9-12(2)13(3)10-6-8-11/h11-13H,4-10H2,1-3H3. The molecule has 78 valence electrons. The van der Waals surface area contributed by atoms with E-state index in [1.54, 1.807) is 0 Å². The average molecular weight is 182 g/mol. The highest BCUT2D eigenvalue weighted by Crippen LogP contribution is 2.27. The van der Waals surface area contributed by atoms with Gasteiger partial charge in [-0.3, -0.25) is 0 Å². The van der Waals surface area contributed by atoms with Gasteiger partial charge in [0.25, 0.3) is 0 Å². The summed E-state index contributed by atoms with van der Waals surface area (Å²) in [6.45, 7) is 7.31. The van der Waals surface area contributed by atoms with Gasteiger partial charge in [0, 0.05) is 0 Å². The van der Waals surface area contributed by atoms with Gasteiger partial charge in [-0.15, -0.1) is 0 Å². The molecule has 1 aliphatic rings. The summed E-state index contributed by atoms with van der Waals surface area (Å²) in [5, 5.41) is 0. The van der Waals surface area contributed by atoms with Crippen LogP contribution in [-0.4, -0.2) is 0 Å². The Bertz CT molecular complexity index is 128. The van der Waals surface area contributed by atoms with Gasteiger partial charge in [0.15, 0.2) is 0 Å². The molecule has 1 aliphatic carbocycles. The molecule has 1 rings (SSSR count). The van der Waals surface area contributed by atoms with Gasteiger partial charge in [-0.1, -0.05) is 65.7 Å². The van der Waals surface area contributed by atoms with E-state index in [2.05, 4.69) is 20.8 Å². The van der Waals surface area contributed by atoms with Crippen molar-refractivity contribution >= 4 is 0 Å². The summed E-state index contributed by atoms with van der Waals surface area (Å²) in [5.74, 6) is 2.92. The van der Waals surface area contributed by atoms with Crippen LogP contribution in [-0.2, 0) is 0 Å². The molecule has 3 atom stereocenters. The minimum Gasteiger partial charge on any atom is -0.0625 e. The van der Waals surface area contributed by atoms with Crippen LogP contribution in [0.3, 0.4) is 0 Å². The highest BCUT2D eigenvalue weighted by Gasteiger charge is 2.14. The van der Waals surface area contributed by atoms with Crippen LogP contribution in [0.2, 0.25) is 0 Å². The summed E-state index contributed by atoms with van der Waals surface area (Å²) >= 11 is 0. The molecule has 0 N–H and O–H groups in total. The van der Waals surface area contributed by atoms with Gasteiger partial charge in [0.2, 0.25) is 0 Å². The lowest BCUT2D eigenvalue weighted by atomic mass is 9.83. The molecule has 0 heterocycles. The number of rotatable bonds is 0. The van der Waals surface area contributed by atoms with Crippen molar-refractivity contribution in [3.8, 4) is 0 Å². The zero-order valence-corrected chi connectivity index (χ0v) is 9.68. The maximum absolute atomic E-state index is 2.44. The third kappa shape index (κ3) is 4.15. The third-order valence-corrected chi connectivity index (χ3v) is 3.93. The molecular formula is C13H26. The normalized spacial score (nSPS) is 38.5. The van der Waals surface area contributed by atoms with Crippen LogP contribution in [0.15, 0.2) is 0 Å². The minimum atomic E-state index is 0.963. The van der Waals surface area contributed by atoms with Crippen molar-refractivity contribution in [2.45, 2.75) is 65.7 Å². The maximum atomic E-state index is 2.44. The van der Waals surface area contributed by atoms with Crippen molar-refractivity contribution in [3.63, 3.8) is 0 Å². The SMILES string of the molecule is CC1CCCCC(C)C(C)CCC1. The molecule has 0 saturated heterocycles. The number of hydrogen-bond acceptors (Lipinski definition) is 0. The Balaban J connectivity index is 2.33. The molecule has 1 saturated carbocycles. The highest BCUT2D eigenvalue weighted by atomic mass is 14.2. The van der Waals surface area contributed by atoms with E-state index < -0.39 is 0 Å². The van der Waals surface area contributed by atoms with E-state index in [-0.39, 0.29) is 0 Å². The van der Waals surface area contributed by atoms with Crippen molar-refractivity contribution in [3.05, 3.63) is 0 Å². The molecule has 0 aliphatic heterocycles. The van der Waals surface area contributed by atoms with E-state index >= 15 is 0 Å². The van der Waals surface area contributed by atoms with Gasteiger partial charge < -0.3 is 0 Å². The van der Waals surface area contributed by atoms with Crippen LogP contribution in [0, 0.1) is 17.8 Å². The smallest absolute Gasteiger partial charge is 0.0417 e. The maximum Gasteiger partial charge on any atom is -0.0417 e. The van der Waals surface area contributed by atoms with Crippen LogP contribution in [0.5, 0.6) is 0 Å². The molecule has 1 fully saturated rings. The van der Waals surface area contributed by atoms with Crippen molar-refractivity contribution in [2.24, 2.45) is 17.8 Å². The molecule has 0 aromatic heterocycles. The summed E-state index contributed by atoms with van der Waals surface area (Å²) < 4.78 is 0. The van der Waals surface area contributed by atoms with E-state index in [9.17, 15) is 0 Å². The van der Waals surface area contributed by atoms with Gasteiger partial charge >= 0.3 is 0 Å². The van der Waals surface area contributed by atoms with E-state index in [1.165, 1.54) is 44.9 Å². The van der Waals surface area contributed by atoms with Crippen molar-refractivity contribution in [1.29, 1.82) is 0 Å². The Morgan fingerprint density at radius 2 is 1.08 bits per heavy atom. The lowest BCUT2D eigenvalue weighted by Gasteiger charge is -2.23. The minimum absolute atomic E-state index is 0.963. The van der Waals surface area contributed by atoms with Crippen LogP contribution in [0.25, 0.3) is 0 Å². The first-order chi connectivity index (χ1) is 6.20. The van der Waals surface area contributed by atoms with Crippen molar-refractivity contribution in [1.82, 2.24) is 0 Å². The van der Waals surface area contributed by atoms with Gasteiger partial charge in [-0.2, -0.15) is 0 Å². The fraction of sp³-hybridized carbons (Fsp3) is 1.00. The van der Waals surface area contributed by atoms with Gasteiger partial charge in [-0.05, 0) is 17.8 Å². The van der Waals surface area contributed by atoms with Crippen LogP contribution in [0.1, 0.15) is 65.7 Å². The van der Waals surface area contributed by atoms with E-state index in [0.29, 0.717) is 0 Å². The van der Waals surface area contributed by atoms with E-state index in [4.69, 9.17) is 0 Å². The summed E-state index contributed by atoms with van der Waals surface area (Å²) in [4.78, 5) is 0. The summed E-state index contributed by atoms with van der Waals surface area (Å²) in [6.07, 6.45) is 10.3. The summed E-state index contributed by atoms with van der Waals surface area (Å²) in [5.41, 5.74) is 0. The second-order valence-corrected chi connectivity index (χ2v) is 5.28. The second kappa shape index (κ2) is 5.67. The molecule has 0 heteroatoms. The monoisotopic (exact) mass is 182 g/mol. The molecule has 3 unspecified atom stereocenters. The molecular weight excluding hydrogens is 156 g/mol. The predicted octanol–water partition coefficient (Wildman–Crippen LogP) is 4.64.